The van der Waals surface area contributed by atoms with Crippen molar-refractivity contribution in [3.63, 3.8) is 0 Å². The van der Waals surface area contributed by atoms with Crippen molar-refractivity contribution >= 4 is 26.7 Å². The molecular weight excluding hydrogens is 475 g/mol. The number of hydrogen-bond acceptors (Lipinski definition) is 6. The van der Waals surface area contributed by atoms with Crippen LogP contribution in [0.15, 0.2) is 69.0 Å². The van der Waals surface area contributed by atoms with Crippen molar-refractivity contribution < 1.29 is 30.8 Å². The summed E-state index contributed by atoms with van der Waals surface area (Å²) in [5.41, 5.74) is -0.480. The molecule has 0 radical (unpaired) electrons. The molecule has 176 valence electrons. The number of aromatic nitrogens is 2. The highest BCUT2D eigenvalue weighted by Crippen LogP contribution is 2.57. The van der Waals surface area contributed by atoms with Crippen LogP contribution in [0.1, 0.15) is 17.9 Å². The van der Waals surface area contributed by atoms with E-state index in [1.165, 1.54) is 55.8 Å². The molecule has 0 spiro atoms. The van der Waals surface area contributed by atoms with Crippen LogP contribution in [0.5, 0.6) is 5.75 Å². The highest BCUT2D eigenvalue weighted by atomic mass is 32.2. The molecule has 0 aliphatic heterocycles. The molecule has 12 heteroatoms. The molecule has 4 aromatic rings. The summed E-state index contributed by atoms with van der Waals surface area (Å²) in [4.78, 5) is 12.6. The maximum absolute atomic E-state index is 14.8. The van der Waals surface area contributed by atoms with Gasteiger partial charge in [0, 0.05) is 35.6 Å². The molecule has 34 heavy (non-hydrogen) atoms. The Kier molecular flexibility index (Phi) is 4.93. The number of hydrogen-bond donors (Lipinski definition) is 1. The Labute approximate surface area is 190 Å². The van der Waals surface area contributed by atoms with Crippen LogP contribution in [-0.4, -0.2) is 31.2 Å². The molecule has 0 unspecified atom stereocenters. The second-order valence-corrected chi connectivity index (χ2v) is 9.46. The van der Waals surface area contributed by atoms with Crippen LogP contribution in [0.4, 0.5) is 19.0 Å². The zero-order chi connectivity index (χ0) is 24.3. The predicted octanol–water partition coefficient (Wildman–Crippen LogP) is 4.05. The summed E-state index contributed by atoms with van der Waals surface area (Å²) in [5, 5.41) is 3.86. The highest BCUT2D eigenvalue weighted by Gasteiger charge is 2.58. The monoisotopic (exact) mass is 491 g/mol. The second kappa shape index (κ2) is 7.62. The fourth-order valence-electron chi connectivity index (χ4n) is 3.82. The Morgan fingerprint density at radius 2 is 1.94 bits per heavy atom. The minimum absolute atomic E-state index is 0.000328. The number of methoxy groups -OCH3 is 1. The van der Waals surface area contributed by atoms with Crippen LogP contribution in [0.2, 0.25) is 0 Å². The van der Waals surface area contributed by atoms with Crippen LogP contribution in [0.25, 0.3) is 16.6 Å². The van der Waals surface area contributed by atoms with E-state index in [4.69, 9.17) is 4.74 Å². The average Bonchev–Trinajstić information content (AvgIpc) is 3.15. The zero-order valence-corrected chi connectivity index (χ0v) is 18.3. The summed E-state index contributed by atoms with van der Waals surface area (Å²) in [6.07, 6.45) is 0.749. The second-order valence-electron chi connectivity index (χ2n) is 7.78. The van der Waals surface area contributed by atoms with Crippen molar-refractivity contribution in [3.8, 4) is 11.4 Å². The van der Waals surface area contributed by atoms with Gasteiger partial charge in [0.2, 0.25) is 0 Å². The lowest BCUT2D eigenvalue weighted by atomic mass is 10.1. The van der Waals surface area contributed by atoms with E-state index in [9.17, 15) is 26.4 Å². The molecule has 1 saturated carbocycles. The molecule has 1 atom stereocenters. The van der Waals surface area contributed by atoms with Gasteiger partial charge < -0.3 is 9.26 Å². The van der Waals surface area contributed by atoms with Gasteiger partial charge in [-0.25, -0.2) is 21.6 Å². The number of anilines is 1. The number of nitrogens with one attached hydrogen (secondary N) is 1. The van der Waals surface area contributed by atoms with Gasteiger partial charge in [0.1, 0.15) is 17.8 Å². The minimum Gasteiger partial charge on any atom is -0.495 e. The van der Waals surface area contributed by atoms with Crippen molar-refractivity contribution in [2.45, 2.75) is 23.2 Å². The third kappa shape index (κ3) is 3.69. The smallest absolute Gasteiger partial charge is 0.263 e. The molecule has 8 nitrogen and oxygen atoms in total. The van der Waals surface area contributed by atoms with E-state index < -0.39 is 39.7 Å². The lowest BCUT2D eigenvalue weighted by Crippen LogP contribution is -2.19. The van der Waals surface area contributed by atoms with Crippen LogP contribution in [-0.2, 0) is 10.0 Å². The molecule has 1 fully saturated rings. The van der Waals surface area contributed by atoms with Crippen LogP contribution >= 0.6 is 0 Å². The first-order valence-corrected chi connectivity index (χ1v) is 11.4. The molecule has 5 rings (SSSR count). The Morgan fingerprint density at radius 1 is 1.18 bits per heavy atom. The number of halogens is 3. The quantitative estimate of drug-likeness (QED) is 0.437. The van der Waals surface area contributed by atoms with Crippen LogP contribution < -0.4 is 15.0 Å². The van der Waals surface area contributed by atoms with Gasteiger partial charge in [0.25, 0.3) is 21.5 Å². The fourth-order valence-corrected chi connectivity index (χ4v) is 4.84. The Bertz CT molecular complexity index is 1580. The molecule has 2 aromatic heterocycles. The SMILES string of the molecule is COc1cc([C@H]2CC2(F)F)c(F)cc1-n1c(=O)ccc2cc(S(=O)(=O)Nc3ccon3)ccc21. The van der Waals surface area contributed by atoms with Gasteiger partial charge in [-0.2, -0.15) is 0 Å². The first-order chi connectivity index (χ1) is 16.1. The third-order valence-electron chi connectivity index (χ3n) is 5.59. The van der Waals surface area contributed by atoms with Gasteiger partial charge in [-0.05, 0) is 30.3 Å². The van der Waals surface area contributed by atoms with E-state index in [1.54, 1.807) is 0 Å². The zero-order valence-electron chi connectivity index (χ0n) is 17.5. The maximum atomic E-state index is 14.8. The molecule has 1 N–H and O–H groups in total. The topological polar surface area (TPSA) is 103 Å². The van der Waals surface area contributed by atoms with Crippen LogP contribution in [0, 0.1) is 5.82 Å². The summed E-state index contributed by atoms with van der Waals surface area (Å²) in [6, 6.07) is 10.1. The van der Waals surface area contributed by atoms with E-state index in [2.05, 4.69) is 14.4 Å². The number of pyridine rings is 1. The number of sulfonamides is 1. The molecule has 2 heterocycles. The largest absolute Gasteiger partial charge is 0.495 e. The van der Waals surface area contributed by atoms with E-state index in [0.29, 0.717) is 5.39 Å². The van der Waals surface area contributed by atoms with E-state index in [1.807, 2.05) is 0 Å². The third-order valence-corrected chi connectivity index (χ3v) is 6.95. The summed E-state index contributed by atoms with van der Waals surface area (Å²) >= 11 is 0. The van der Waals surface area contributed by atoms with E-state index in [-0.39, 0.29) is 33.2 Å². The van der Waals surface area contributed by atoms with Gasteiger partial charge in [0.15, 0.2) is 5.82 Å². The predicted molar refractivity (Wildman–Crippen MR) is 116 cm³/mol. The molecule has 0 bridgehead atoms. The minimum atomic E-state index is -4.02. The molecule has 1 aliphatic rings. The van der Waals surface area contributed by atoms with Crippen LogP contribution in [0.3, 0.4) is 0 Å². The number of rotatable bonds is 6. The molecule has 1 aliphatic carbocycles. The van der Waals surface area contributed by atoms with E-state index in [0.717, 1.165) is 10.6 Å². The average molecular weight is 491 g/mol. The van der Waals surface area contributed by atoms with Gasteiger partial charge in [0.05, 0.1) is 29.1 Å². The number of nitrogens with zero attached hydrogens (tertiary/aromatic N) is 2. The lowest BCUT2D eigenvalue weighted by Gasteiger charge is -2.16. The van der Waals surface area contributed by atoms with Gasteiger partial charge in [-0.1, -0.05) is 5.16 Å². The fraction of sp³-hybridized carbons (Fsp3) is 0.182. The summed E-state index contributed by atoms with van der Waals surface area (Å²) in [7, 11) is -2.74. The Hall–Kier alpha value is -3.80. The summed E-state index contributed by atoms with van der Waals surface area (Å²) < 4.78 is 80.5. The molecule has 0 saturated heterocycles. The standard InChI is InChI=1S/C22H16F3N3O5S/c1-32-19-9-14(15-11-22(15,24)25)16(23)10-18(19)28-17-4-3-13(8-12(17)2-5-21(28)29)34(30,31)27-20-6-7-33-26-20/h2-10,15H,11H2,1H3,(H,26,27)/t15-/m1/s1. The van der Waals surface area contributed by atoms with Crippen molar-refractivity contribution in [1.82, 2.24) is 9.72 Å². The Morgan fingerprint density at radius 3 is 2.59 bits per heavy atom. The number of alkyl halides is 2. The van der Waals surface area contributed by atoms with Crippen molar-refractivity contribution in [3.05, 3.63) is 76.5 Å². The maximum Gasteiger partial charge on any atom is 0.263 e. The molecular formula is C22H16F3N3O5S. The normalized spacial score (nSPS) is 17.0. The van der Waals surface area contributed by atoms with Gasteiger partial charge in [-0.15, -0.1) is 0 Å². The number of ether oxygens (including phenoxy) is 1. The highest BCUT2D eigenvalue weighted by molar-refractivity contribution is 7.92. The summed E-state index contributed by atoms with van der Waals surface area (Å²) in [6.45, 7) is 0. The molecule has 2 aromatic carbocycles. The van der Waals surface area contributed by atoms with Crippen molar-refractivity contribution in [2.24, 2.45) is 0 Å². The lowest BCUT2D eigenvalue weighted by molar-refractivity contribution is 0.111. The number of benzene rings is 2. The van der Waals surface area contributed by atoms with E-state index >= 15 is 0 Å². The Balaban J connectivity index is 1.63. The van der Waals surface area contributed by atoms with Crippen molar-refractivity contribution in [2.75, 3.05) is 11.8 Å². The van der Waals surface area contributed by atoms with Crippen molar-refractivity contribution in [1.29, 1.82) is 0 Å². The summed E-state index contributed by atoms with van der Waals surface area (Å²) in [5.74, 6) is -5.10. The van der Waals surface area contributed by atoms with Gasteiger partial charge >= 0.3 is 0 Å². The molecule has 0 amide bonds. The first-order valence-electron chi connectivity index (χ1n) is 9.95. The number of fused-ring (bicyclic) bond motifs is 1. The first kappa shape index (κ1) is 22.0. The van der Waals surface area contributed by atoms with Gasteiger partial charge in [-0.3, -0.25) is 14.1 Å².